The molecule has 2 heterocycles. The van der Waals surface area contributed by atoms with Gasteiger partial charge in [0.1, 0.15) is 18.2 Å². The number of nitrogens with zero attached hydrogens (tertiary/aromatic N) is 3. The maximum absolute atomic E-state index is 12.4. The van der Waals surface area contributed by atoms with Crippen LogP contribution in [0, 0.1) is 4.91 Å². The first-order valence-electron chi connectivity index (χ1n) is 8.83. The van der Waals surface area contributed by atoms with E-state index in [-0.39, 0.29) is 24.0 Å². The first-order valence-corrected chi connectivity index (χ1v) is 9.71. The van der Waals surface area contributed by atoms with Crippen molar-refractivity contribution in [1.29, 1.82) is 0 Å². The van der Waals surface area contributed by atoms with Crippen LogP contribution in [0.15, 0.2) is 53.3 Å². The van der Waals surface area contributed by atoms with Gasteiger partial charge in [-0.2, -0.15) is 0 Å². The van der Waals surface area contributed by atoms with Gasteiger partial charge in [-0.3, -0.25) is 9.36 Å². The van der Waals surface area contributed by atoms with Gasteiger partial charge in [-0.1, -0.05) is 24.3 Å². The Morgan fingerprint density at radius 1 is 1.18 bits per heavy atom. The van der Waals surface area contributed by atoms with E-state index in [0.717, 1.165) is 17.3 Å². The smallest absolute Gasteiger partial charge is 0.486 e. The van der Waals surface area contributed by atoms with E-state index in [2.05, 4.69) is 4.98 Å². The second-order valence-electron chi connectivity index (χ2n) is 6.61. The van der Waals surface area contributed by atoms with E-state index in [1.54, 1.807) is 13.1 Å². The molecule has 0 saturated carbocycles. The lowest BCUT2D eigenvalue weighted by molar-refractivity contribution is -0.432. The van der Waals surface area contributed by atoms with Crippen LogP contribution in [0.2, 0.25) is 0 Å². The zero-order valence-electron chi connectivity index (χ0n) is 15.2. The van der Waals surface area contributed by atoms with Crippen molar-refractivity contribution in [2.45, 2.75) is 18.3 Å². The van der Waals surface area contributed by atoms with Gasteiger partial charge in [-0.25, -0.2) is 9.78 Å². The van der Waals surface area contributed by atoms with E-state index < -0.39 is 5.24 Å². The van der Waals surface area contributed by atoms with Crippen LogP contribution in [0.1, 0.15) is 11.4 Å². The van der Waals surface area contributed by atoms with Crippen molar-refractivity contribution in [3.05, 3.63) is 75.2 Å². The predicted octanol–water partition coefficient (Wildman–Crippen LogP) is 3.07. The zero-order chi connectivity index (χ0) is 19.7. The van der Waals surface area contributed by atoms with Crippen molar-refractivity contribution in [2.75, 3.05) is 6.54 Å². The lowest BCUT2D eigenvalue weighted by Crippen LogP contribution is -2.23. The maximum atomic E-state index is 12.4. The third-order valence-electron chi connectivity index (χ3n) is 4.67. The van der Waals surface area contributed by atoms with E-state index in [1.165, 1.54) is 4.57 Å². The molecule has 1 atom stereocenters. The van der Waals surface area contributed by atoms with Gasteiger partial charge in [0, 0.05) is 23.7 Å². The van der Waals surface area contributed by atoms with E-state index in [4.69, 9.17) is 4.74 Å². The number of nitroso groups, excluding NO2 is 1. The summed E-state index contributed by atoms with van der Waals surface area (Å²) >= 11 is 1.09. The number of benzene rings is 2. The number of hydrogen-bond acceptors (Lipinski definition) is 6. The Hall–Kier alpha value is -3.00. The number of para-hydroxylation sites is 1. The number of thioether (sulfide) groups is 1. The van der Waals surface area contributed by atoms with Gasteiger partial charge in [-0.05, 0) is 36.2 Å². The molecular weight excluding hydrogens is 378 g/mol. The molecule has 0 N–H and O–H groups in total. The van der Waals surface area contributed by atoms with E-state index in [9.17, 15) is 14.5 Å². The lowest BCUT2D eigenvalue weighted by atomic mass is 10.1. The van der Waals surface area contributed by atoms with Crippen LogP contribution < -0.4 is 10.3 Å². The lowest BCUT2D eigenvalue weighted by Gasteiger charge is -2.11. The van der Waals surface area contributed by atoms with Crippen molar-refractivity contribution in [2.24, 2.45) is 7.05 Å². The van der Waals surface area contributed by atoms with Gasteiger partial charge >= 0.3 is 5.24 Å². The molecule has 1 unspecified atom stereocenters. The zero-order valence-corrected chi connectivity index (χ0v) is 16.0. The fourth-order valence-electron chi connectivity index (χ4n) is 3.13. The molecule has 1 aromatic heterocycles. The summed E-state index contributed by atoms with van der Waals surface area (Å²) in [6.07, 6.45) is 0.649. The Labute approximate surface area is 164 Å². The molecule has 28 heavy (non-hydrogen) atoms. The normalized spacial score (nSPS) is 16.7. The Morgan fingerprint density at radius 3 is 2.64 bits per heavy atom. The molecule has 1 amide bonds. The average Bonchev–Trinajstić information content (AvgIpc) is 3.01. The Bertz CT molecular complexity index is 1110. The van der Waals surface area contributed by atoms with Crippen LogP contribution >= 0.6 is 11.8 Å². The third kappa shape index (κ3) is 3.68. The van der Waals surface area contributed by atoms with Crippen molar-refractivity contribution in [3.8, 4) is 5.75 Å². The molecule has 7 nitrogen and oxygen atoms in total. The van der Waals surface area contributed by atoms with Crippen LogP contribution in [-0.4, -0.2) is 31.3 Å². The first kappa shape index (κ1) is 18.4. The molecule has 0 spiro atoms. The summed E-state index contributed by atoms with van der Waals surface area (Å²) in [5.41, 5.74) is 1.58. The topological polar surface area (TPSA) is 81.3 Å². The summed E-state index contributed by atoms with van der Waals surface area (Å²) in [6, 6.07) is 14.7. The van der Waals surface area contributed by atoms with Gasteiger partial charge in [0.2, 0.25) is 6.54 Å². The number of carbonyl (C=O) groups excluding carboxylic acids is 1. The number of aromatic nitrogens is 2. The van der Waals surface area contributed by atoms with E-state index in [1.807, 2.05) is 42.5 Å². The summed E-state index contributed by atoms with van der Waals surface area (Å²) in [5.74, 6) is 1.20. The molecule has 1 aliphatic heterocycles. The van der Waals surface area contributed by atoms with Crippen molar-refractivity contribution < 1.29 is 14.3 Å². The Morgan fingerprint density at radius 2 is 1.93 bits per heavy atom. The SMILES string of the molecule is Cn1c(COc2ccc(CC3C[N+](=O)C(=O)S3)cc2)nc2ccccc2c1=O. The van der Waals surface area contributed by atoms with E-state index >= 15 is 0 Å². The molecule has 0 radical (unpaired) electrons. The van der Waals surface area contributed by atoms with Gasteiger partial charge in [0.25, 0.3) is 5.56 Å². The van der Waals surface area contributed by atoms with Crippen LogP contribution in [0.3, 0.4) is 0 Å². The number of carbonyl (C=O) groups is 1. The summed E-state index contributed by atoms with van der Waals surface area (Å²) in [6.45, 7) is 0.400. The molecule has 1 saturated heterocycles. The maximum Gasteiger partial charge on any atom is 0.495 e. The Balaban J connectivity index is 1.43. The summed E-state index contributed by atoms with van der Waals surface area (Å²) in [5, 5.41) is 0.143. The van der Waals surface area contributed by atoms with Crippen LogP contribution in [-0.2, 0) is 20.1 Å². The highest BCUT2D eigenvalue weighted by molar-refractivity contribution is 8.13. The number of fused-ring (bicyclic) bond motifs is 1. The molecule has 1 aliphatic rings. The second kappa shape index (κ2) is 7.55. The van der Waals surface area contributed by atoms with Crippen LogP contribution in [0.4, 0.5) is 4.79 Å². The molecular formula is C20H18N3O4S+. The van der Waals surface area contributed by atoms with Gasteiger partial charge < -0.3 is 4.74 Å². The molecule has 8 heteroatoms. The van der Waals surface area contributed by atoms with Crippen LogP contribution in [0.25, 0.3) is 10.9 Å². The number of hydrogen-bond donors (Lipinski definition) is 0. The quantitative estimate of drug-likeness (QED) is 0.617. The minimum absolute atomic E-state index is 0.0203. The minimum atomic E-state index is -0.418. The van der Waals surface area contributed by atoms with Crippen LogP contribution in [0.5, 0.6) is 5.75 Å². The molecule has 3 aromatic rings. The number of ether oxygens (including phenoxy) is 1. The monoisotopic (exact) mass is 396 g/mol. The largest absolute Gasteiger partial charge is 0.495 e. The molecule has 142 valence electrons. The number of amides is 1. The average molecular weight is 396 g/mol. The molecule has 4 rings (SSSR count). The highest BCUT2D eigenvalue weighted by Crippen LogP contribution is 2.26. The van der Waals surface area contributed by atoms with Gasteiger partial charge in [-0.15, -0.1) is 0 Å². The van der Waals surface area contributed by atoms with Crippen molar-refractivity contribution in [1.82, 2.24) is 9.55 Å². The molecule has 2 aromatic carbocycles. The fourth-order valence-corrected chi connectivity index (χ4v) is 4.09. The fraction of sp³-hybridized carbons (Fsp3) is 0.250. The second-order valence-corrected chi connectivity index (χ2v) is 7.86. The minimum Gasteiger partial charge on any atom is -0.486 e. The van der Waals surface area contributed by atoms with Gasteiger partial charge in [0.05, 0.1) is 20.9 Å². The predicted molar refractivity (Wildman–Crippen MR) is 107 cm³/mol. The van der Waals surface area contributed by atoms with E-state index in [0.29, 0.717) is 33.7 Å². The first-order chi connectivity index (χ1) is 13.5. The summed E-state index contributed by atoms with van der Waals surface area (Å²) < 4.78 is 7.80. The molecule has 1 fully saturated rings. The highest BCUT2D eigenvalue weighted by atomic mass is 32.2. The summed E-state index contributed by atoms with van der Waals surface area (Å²) in [4.78, 5) is 39.5. The van der Waals surface area contributed by atoms with Crippen molar-refractivity contribution in [3.63, 3.8) is 0 Å². The van der Waals surface area contributed by atoms with Crippen molar-refractivity contribution >= 4 is 27.9 Å². The molecule has 0 bridgehead atoms. The Kier molecular flexibility index (Phi) is 4.95. The summed E-state index contributed by atoms with van der Waals surface area (Å²) in [7, 11) is 1.68. The molecule has 0 aliphatic carbocycles. The number of rotatable bonds is 5. The van der Waals surface area contributed by atoms with Gasteiger partial charge in [0.15, 0.2) is 0 Å². The third-order valence-corrected chi connectivity index (χ3v) is 5.73. The standard InChI is InChI=1S/C20H18N3O4S/c1-22-18(21-17-5-3-2-4-16(17)19(22)24)12-27-14-8-6-13(7-9-14)10-15-11-23(26)20(25)28-15/h2-9,15H,10-12H2,1H3/q+1. The highest BCUT2D eigenvalue weighted by Gasteiger charge is 2.39.